The van der Waals surface area contributed by atoms with Crippen LogP contribution in [0.2, 0.25) is 0 Å². The molecular formula is C33H38FN3O10. The highest BCUT2D eigenvalue weighted by Gasteiger charge is 2.46. The molecular weight excluding hydrogens is 617 g/mol. The van der Waals surface area contributed by atoms with Gasteiger partial charge in [-0.2, -0.15) is 0 Å². The molecule has 47 heavy (non-hydrogen) atoms. The van der Waals surface area contributed by atoms with E-state index in [1.807, 2.05) is 0 Å². The Bertz CT molecular complexity index is 1780. The smallest absolute Gasteiger partial charge is 0.407 e. The monoisotopic (exact) mass is 655 g/mol. The van der Waals surface area contributed by atoms with Crippen LogP contribution in [0.25, 0.3) is 22.3 Å². The number of alkyl carbamates (subject to hydrolysis) is 1. The van der Waals surface area contributed by atoms with E-state index in [0.29, 0.717) is 67.3 Å². The second-order valence-electron chi connectivity index (χ2n) is 11.7. The number of aliphatic hydroxyl groups excluding tert-OH is 1. The Labute approximate surface area is 269 Å². The number of ether oxygens (including phenoxy) is 5. The fraction of sp³-hybridized carbons (Fsp3) is 0.515. The molecule has 4 heterocycles. The summed E-state index contributed by atoms with van der Waals surface area (Å²) in [6, 6.07) is 2.46. The third kappa shape index (κ3) is 6.00. The first-order valence-corrected chi connectivity index (χ1v) is 15.8. The van der Waals surface area contributed by atoms with Gasteiger partial charge >= 0.3 is 12.1 Å². The number of amides is 1. The van der Waals surface area contributed by atoms with Crippen molar-refractivity contribution in [3.8, 4) is 11.4 Å². The van der Waals surface area contributed by atoms with Gasteiger partial charge in [0.15, 0.2) is 5.60 Å². The molecule has 0 bridgehead atoms. The number of aromatic nitrogens is 2. The van der Waals surface area contributed by atoms with Gasteiger partial charge in [0.2, 0.25) is 0 Å². The zero-order valence-electron chi connectivity index (χ0n) is 26.4. The molecule has 2 aliphatic heterocycles. The zero-order chi connectivity index (χ0) is 33.3. The Hall–Kier alpha value is -3.95. The molecule has 6 rings (SSSR count). The van der Waals surface area contributed by atoms with Crippen LogP contribution in [0, 0.1) is 12.7 Å². The van der Waals surface area contributed by atoms with E-state index in [-0.39, 0.29) is 57.1 Å². The van der Waals surface area contributed by atoms with Gasteiger partial charge in [0, 0.05) is 22.6 Å². The summed E-state index contributed by atoms with van der Waals surface area (Å²) >= 11 is 0. The molecule has 3 aliphatic rings. The van der Waals surface area contributed by atoms with E-state index < -0.39 is 35.1 Å². The number of hydrogen-bond acceptors (Lipinski definition) is 11. The Morgan fingerprint density at radius 1 is 1.09 bits per heavy atom. The molecule has 2 atom stereocenters. The van der Waals surface area contributed by atoms with Crippen LogP contribution in [0.4, 0.5) is 9.18 Å². The van der Waals surface area contributed by atoms with Gasteiger partial charge in [-0.05, 0) is 48.9 Å². The fourth-order valence-corrected chi connectivity index (χ4v) is 6.68. The lowest BCUT2D eigenvalue weighted by Crippen LogP contribution is -2.44. The number of fused-ring (bicyclic) bond motifs is 5. The number of aliphatic hydroxyl groups is 2. The van der Waals surface area contributed by atoms with E-state index in [9.17, 15) is 19.5 Å². The van der Waals surface area contributed by atoms with Crippen LogP contribution >= 0.6 is 0 Å². The molecule has 1 amide bonds. The van der Waals surface area contributed by atoms with Crippen LogP contribution in [-0.2, 0) is 53.7 Å². The van der Waals surface area contributed by atoms with Crippen molar-refractivity contribution in [2.75, 3.05) is 52.9 Å². The molecule has 0 unspecified atom stereocenters. The summed E-state index contributed by atoms with van der Waals surface area (Å²) in [5.41, 5.74) is 1.96. The maximum absolute atomic E-state index is 15.1. The van der Waals surface area contributed by atoms with Gasteiger partial charge in [0.05, 0.1) is 81.3 Å². The summed E-state index contributed by atoms with van der Waals surface area (Å²) in [6.45, 7) is 5.03. The number of carbonyl (C=O) groups excluding carboxylic acids is 2. The molecule has 13 nitrogen and oxygen atoms in total. The number of benzene rings is 1. The summed E-state index contributed by atoms with van der Waals surface area (Å²) in [4.78, 5) is 44.1. The maximum Gasteiger partial charge on any atom is 0.407 e. The highest BCUT2D eigenvalue weighted by atomic mass is 19.1. The number of esters is 1. The number of nitrogens with zero attached hydrogens (tertiary/aromatic N) is 2. The number of nitrogens with one attached hydrogen (secondary N) is 1. The number of cyclic esters (lactones) is 1. The Morgan fingerprint density at radius 3 is 2.49 bits per heavy atom. The first kappa shape index (κ1) is 33.0. The Kier molecular flexibility index (Phi) is 9.58. The number of hydrogen-bond donors (Lipinski definition) is 3. The van der Waals surface area contributed by atoms with E-state index in [1.165, 1.54) is 10.6 Å². The van der Waals surface area contributed by atoms with Gasteiger partial charge in [-0.25, -0.2) is 19.0 Å². The summed E-state index contributed by atoms with van der Waals surface area (Å²) < 4.78 is 43.1. The zero-order valence-corrected chi connectivity index (χ0v) is 26.4. The van der Waals surface area contributed by atoms with E-state index in [1.54, 1.807) is 19.9 Å². The number of pyridine rings is 2. The average Bonchev–Trinajstić information content (AvgIpc) is 3.43. The third-order valence-corrected chi connectivity index (χ3v) is 9.11. The van der Waals surface area contributed by atoms with Crippen molar-refractivity contribution in [1.29, 1.82) is 0 Å². The van der Waals surface area contributed by atoms with Crippen molar-refractivity contribution >= 4 is 23.0 Å². The lowest BCUT2D eigenvalue weighted by atomic mass is 9.81. The third-order valence-electron chi connectivity index (χ3n) is 9.11. The fourth-order valence-electron chi connectivity index (χ4n) is 6.68. The van der Waals surface area contributed by atoms with E-state index in [0.717, 1.165) is 16.5 Å². The normalized spacial score (nSPS) is 19.3. The second-order valence-corrected chi connectivity index (χ2v) is 11.7. The minimum atomic E-state index is -1.98. The molecule has 3 aromatic rings. The van der Waals surface area contributed by atoms with Gasteiger partial charge < -0.3 is 43.8 Å². The molecule has 2 aromatic heterocycles. The van der Waals surface area contributed by atoms with Crippen LogP contribution < -0.4 is 10.9 Å². The SMILES string of the molecule is CC[C@@]1(O)C(=O)OCc2c1cc1n(c2=O)Cc2c-1nc1cc(F)c(C)c3c1c2[C@@H](NC(=O)OCCOCCOCCOCCO)CC3. The lowest BCUT2D eigenvalue weighted by molar-refractivity contribution is -0.172. The van der Waals surface area contributed by atoms with E-state index >= 15 is 4.39 Å². The first-order chi connectivity index (χ1) is 22.7. The van der Waals surface area contributed by atoms with Crippen molar-refractivity contribution in [2.24, 2.45) is 0 Å². The average molecular weight is 656 g/mol. The van der Waals surface area contributed by atoms with Crippen LogP contribution in [0.15, 0.2) is 16.9 Å². The molecule has 0 fully saturated rings. The molecule has 0 saturated carbocycles. The highest BCUT2D eigenvalue weighted by molar-refractivity contribution is 5.93. The number of rotatable bonds is 13. The van der Waals surface area contributed by atoms with Crippen molar-refractivity contribution < 1.29 is 47.9 Å². The lowest BCUT2D eigenvalue weighted by Gasteiger charge is -2.31. The Morgan fingerprint density at radius 2 is 1.79 bits per heavy atom. The van der Waals surface area contributed by atoms with Crippen molar-refractivity contribution in [3.05, 3.63) is 61.7 Å². The second kappa shape index (κ2) is 13.6. The molecule has 0 saturated heterocycles. The standard InChI is InChI=1S/C33H38FN3O10/c1-3-33(42)22-14-26-29-20(16-37(26)30(39)21(22)17-47-31(33)40)28-24(5-4-19-18(2)23(34)15-25(35-29)27(19)28)36-32(41)46-13-12-45-11-10-44-9-8-43-7-6-38/h14-15,24,38,42H,3-13,16-17H2,1-2H3,(H,36,41)/t24-,33-/m0/s1. The number of carbonyl (C=O) groups is 2. The van der Waals surface area contributed by atoms with E-state index in [4.69, 9.17) is 33.8 Å². The van der Waals surface area contributed by atoms with Crippen molar-refractivity contribution in [2.45, 2.75) is 57.9 Å². The molecule has 14 heteroatoms. The highest BCUT2D eigenvalue weighted by Crippen LogP contribution is 2.45. The maximum atomic E-state index is 15.1. The largest absolute Gasteiger partial charge is 0.458 e. The van der Waals surface area contributed by atoms with Crippen molar-refractivity contribution in [3.63, 3.8) is 0 Å². The molecule has 1 aromatic carbocycles. The molecule has 1 aliphatic carbocycles. The quantitative estimate of drug-likeness (QED) is 0.143. The van der Waals surface area contributed by atoms with Crippen LogP contribution in [0.5, 0.6) is 0 Å². The predicted molar refractivity (Wildman–Crippen MR) is 164 cm³/mol. The Balaban J connectivity index is 1.23. The van der Waals surface area contributed by atoms with Crippen LogP contribution in [-0.4, -0.2) is 84.7 Å². The molecule has 3 N–H and O–H groups in total. The van der Waals surface area contributed by atoms with Crippen LogP contribution in [0.3, 0.4) is 0 Å². The number of aryl methyl sites for hydroxylation is 1. The summed E-state index contributed by atoms with van der Waals surface area (Å²) in [6.07, 6.45) is 0.320. The molecule has 0 spiro atoms. The van der Waals surface area contributed by atoms with Gasteiger partial charge in [-0.1, -0.05) is 6.92 Å². The minimum absolute atomic E-state index is 0.00725. The van der Waals surface area contributed by atoms with Crippen LogP contribution in [0.1, 0.15) is 59.2 Å². The van der Waals surface area contributed by atoms with Gasteiger partial charge in [-0.15, -0.1) is 0 Å². The number of halogens is 1. The van der Waals surface area contributed by atoms with Gasteiger partial charge in [0.25, 0.3) is 5.56 Å². The predicted octanol–water partition coefficient (Wildman–Crippen LogP) is 2.28. The minimum Gasteiger partial charge on any atom is -0.458 e. The van der Waals surface area contributed by atoms with E-state index in [2.05, 4.69) is 5.32 Å². The summed E-state index contributed by atoms with van der Waals surface area (Å²) in [7, 11) is 0. The summed E-state index contributed by atoms with van der Waals surface area (Å²) in [5, 5.41) is 23.6. The van der Waals surface area contributed by atoms with Gasteiger partial charge in [0.1, 0.15) is 19.0 Å². The van der Waals surface area contributed by atoms with Gasteiger partial charge in [-0.3, -0.25) is 4.79 Å². The topological polar surface area (TPSA) is 168 Å². The summed E-state index contributed by atoms with van der Waals surface area (Å²) in [5.74, 6) is -1.22. The first-order valence-electron chi connectivity index (χ1n) is 15.8. The van der Waals surface area contributed by atoms with Crippen molar-refractivity contribution in [1.82, 2.24) is 14.9 Å². The molecule has 252 valence electrons. The molecule has 0 radical (unpaired) electrons.